The highest BCUT2D eigenvalue weighted by atomic mass is 16.4. The molecule has 0 aromatic heterocycles. The van der Waals surface area contributed by atoms with Crippen molar-refractivity contribution in [3.8, 4) is 11.8 Å². The van der Waals surface area contributed by atoms with Crippen LogP contribution < -0.4 is 0 Å². The molecule has 0 heterocycles. The van der Waals surface area contributed by atoms with Crippen molar-refractivity contribution in [3.05, 3.63) is 35.4 Å². The first-order valence-electron chi connectivity index (χ1n) is 3.67. The van der Waals surface area contributed by atoms with E-state index in [2.05, 4.69) is 11.8 Å². The van der Waals surface area contributed by atoms with Crippen LogP contribution in [0.2, 0.25) is 0 Å². The minimum Gasteiger partial charge on any atom is -0.478 e. The predicted octanol–water partition coefficient (Wildman–Crippen LogP) is 0.729. The van der Waals surface area contributed by atoms with E-state index in [9.17, 15) is 4.79 Å². The zero-order valence-corrected chi connectivity index (χ0v) is 6.82. The van der Waals surface area contributed by atoms with E-state index in [4.69, 9.17) is 10.2 Å². The van der Waals surface area contributed by atoms with Gasteiger partial charge in [0.15, 0.2) is 0 Å². The Morgan fingerprint density at radius 1 is 1.46 bits per heavy atom. The Morgan fingerprint density at radius 3 is 2.85 bits per heavy atom. The Hall–Kier alpha value is -1.79. The number of benzene rings is 1. The Bertz CT molecular complexity index is 371. The first-order chi connectivity index (χ1) is 6.24. The molecule has 1 rings (SSSR count). The maximum atomic E-state index is 10.5. The van der Waals surface area contributed by atoms with Gasteiger partial charge in [-0.15, -0.1) is 0 Å². The van der Waals surface area contributed by atoms with Gasteiger partial charge in [-0.3, -0.25) is 0 Å². The lowest BCUT2D eigenvalue weighted by molar-refractivity contribution is 0.0697. The molecule has 0 radical (unpaired) electrons. The minimum absolute atomic E-state index is 0.199. The number of rotatable bonds is 1. The standard InChI is InChI=1S/C10H8O3/c11-6-2-4-8-3-1-5-9(7-8)10(12)13/h1,3,5,7,11H,6H2,(H,12,13). The van der Waals surface area contributed by atoms with E-state index >= 15 is 0 Å². The number of carboxylic acids is 1. The van der Waals surface area contributed by atoms with Crippen LogP contribution in [0.4, 0.5) is 0 Å². The SMILES string of the molecule is O=C(O)c1cccc(C#CCO)c1. The molecule has 0 bridgehead atoms. The van der Waals surface area contributed by atoms with Crippen molar-refractivity contribution in [3.63, 3.8) is 0 Å². The molecule has 0 aliphatic rings. The number of carboxylic acid groups (broad SMARTS) is 1. The van der Waals surface area contributed by atoms with Gasteiger partial charge in [-0.25, -0.2) is 4.79 Å². The molecule has 2 N–H and O–H groups in total. The quantitative estimate of drug-likeness (QED) is 0.620. The molecule has 0 unspecified atom stereocenters. The molecule has 66 valence electrons. The van der Waals surface area contributed by atoms with Crippen molar-refractivity contribution in [1.29, 1.82) is 0 Å². The number of hydrogen-bond acceptors (Lipinski definition) is 2. The van der Waals surface area contributed by atoms with Crippen LogP contribution in [0.1, 0.15) is 15.9 Å². The third kappa shape index (κ3) is 2.62. The number of carbonyl (C=O) groups is 1. The lowest BCUT2D eigenvalue weighted by Gasteiger charge is -1.93. The topological polar surface area (TPSA) is 57.5 Å². The molecule has 0 atom stereocenters. The van der Waals surface area contributed by atoms with E-state index in [0.29, 0.717) is 5.56 Å². The fraction of sp³-hybridized carbons (Fsp3) is 0.100. The van der Waals surface area contributed by atoms with Crippen molar-refractivity contribution >= 4 is 5.97 Å². The van der Waals surface area contributed by atoms with Crippen LogP contribution in [0.25, 0.3) is 0 Å². The van der Waals surface area contributed by atoms with E-state index in [1.165, 1.54) is 12.1 Å². The van der Waals surface area contributed by atoms with Gasteiger partial charge < -0.3 is 10.2 Å². The van der Waals surface area contributed by atoms with E-state index in [1.807, 2.05) is 0 Å². The molecule has 0 aliphatic heterocycles. The van der Waals surface area contributed by atoms with Crippen LogP contribution in [-0.2, 0) is 0 Å². The summed E-state index contributed by atoms with van der Waals surface area (Å²) in [4.78, 5) is 10.5. The zero-order valence-electron chi connectivity index (χ0n) is 6.82. The van der Waals surface area contributed by atoms with Gasteiger partial charge >= 0.3 is 5.97 Å². The molecule has 0 saturated carbocycles. The predicted molar refractivity (Wildman–Crippen MR) is 47.4 cm³/mol. The second kappa shape index (κ2) is 4.29. The van der Waals surface area contributed by atoms with Gasteiger partial charge in [0.2, 0.25) is 0 Å². The lowest BCUT2D eigenvalue weighted by Crippen LogP contribution is -1.95. The average Bonchev–Trinajstić information content (AvgIpc) is 2.15. The number of hydrogen-bond donors (Lipinski definition) is 2. The normalized spacial score (nSPS) is 8.69. The molecule has 3 nitrogen and oxygen atoms in total. The average molecular weight is 176 g/mol. The summed E-state index contributed by atoms with van der Waals surface area (Å²) in [6.07, 6.45) is 0. The molecule has 0 saturated heterocycles. The Labute approximate surface area is 75.6 Å². The Balaban J connectivity index is 2.98. The molecule has 0 fully saturated rings. The molecule has 3 heteroatoms. The highest BCUT2D eigenvalue weighted by Gasteiger charge is 2.00. The second-order valence-corrected chi connectivity index (χ2v) is 2.35. The lowest BCUT2D eigenvalue weighted by atomic mass is 10.1. The smallest absolute Gasteiger partial charge is 0.335 e. The van der Waals surface area contributed by atoms with E-state index < -0.39 is 5.97 Å². The van der Waals surface area contributed by atoms with Crippen LogP contribution in [0, 0.1) is 11.8 Å². The second-order valence-electron chi connectivity index (χ2n) is 2.35. The largest absolute Gasteiger partial charge is 0.478 e. The van der Waals surface area contributed by atoms with E-state index in [0.717, 1.165) is 0 Å². The van der Waals surface area contributed by atoms with Gasteiger partial charge in [0.05, 0.1) is 5.56 Å². The summed E-state index contributed by atoms with van der Waals surface area (Å²) >= 11 is 0. The molecule has 0 aliphatic carbocycles. The summed E-state index contributed by atoms with van der Waals surface area (Å²) in [6, 6.07) is 6.26. The van der Waals surface area contributed by atoms with Crippen LogP contribution in [0.15, 0.2) is 24.3 Å². The first-order valence-corrected chi connectivity index (χ1v) is 3.67. The van der Waals surface area contributed by atoms with Crippen LogP contribution >= 0.6 is 0 Å². The monoisotopic (exact) mass is 176 g/mol. The van der Waals surface area contributed by atoms with E-state index in [-0.39, 0.29) is 12.2 Å². The van der Waals surface area contributed by atoms with E-state index in [1.54, 1.807) is 12.1 Å². The first kappa shape index (κ1) is 9.30. The Morgan fingerprint density at radius 2 is 2.23 bits per heavy atom. The summed E-state index contributed by atoms with van der Waals surface area (Å²) < 4.78 is 0. The van der Waals surface area contributed by atoms with Gasteiger partial charge in [-0.05, 0) is 18.2 Å². The highest BCUT2D eigenvalue weighted by Crippen LogP contribution is 2.03. The summed E-state index contributed by atoms with van der Waals surface area (Å²) in [7, 11) is 0. The molecule has 1 aromatic rings. The van der Waals surface area contributed by atoms with Gasteiger partial charge in [0, 0.05) is 5.56 Å². The van der Waals surface area contributed by atoms with Gasteiger partial charge in [0.25, 0.3) is 0 Å². The molecule has 13 heavy (non-hydrogen) atoms. The maximum absolute atomic E-state index is 10.5. The summed E-state index contributed by atoms with van der Waals surface area (Å²) in [6.45, 7) is -0.225. The van der Waals surface area contributed by atoms with Crippen LogP contribution in [-0.4, -0.2) is 22.8 Å². The van der Waals surface area contributed by atoms with Crippen molar-refractivity contribution in [1.82, 2.24) is 0 Å². The molecule has 0 spiro atoms. The van der Waals surface area contributed by atoms with Gasteiger partial charge in [-0.2, -0.15) is 0 Å². The fourth-order valence-electron chi connectivity index (χ4n) is 0.872. The van der Waals surface area contributed by atoms with Crippen molar-refractivity contribution in [2.75, 3.05) is 6.61 Å². The van der Waals surface area contributed by atoms with Crippen molar-refractivity contribution in [2.24, 2.45) is 0 Å². The van der Waals surface area contributed by atoms with Crippen molar-refractivity contribution in [2.45, 2.75) is 0 Å². The Kier molecular flexibility index (Phi) is 3.07. The van der Waals surface area contributed by atoms with Gasteiger partial charge in [0.1, 0.15) is 6.61 Å². The van der Waals surface area contributed by atoms with Crippen molar-refractivity contribution < 1.29 is 15.0 Å². The molecule has 1 aromatic carbocycles. The van der Waals surface area contributed by atoms with Crippen LogP contribution in [0.3, 0.4) is 0 Å². The third-order valence-corrected chi connectivity index (χ3v) is 1.42. The number of aromatic carboxylic acids is 1. The molecular weight excluding hydrogens is 168 g/mol. The third-order valence-electron chi connectivity index (χ3n) is 1.42. The summed E-state index contributed by atoms with van der Waals surface area (Å²) in [5.74, 6) is 4.09. The summed E-state index contributed by atoms with van der Waals surface area (Å²) in [5, 5.41) is 17.1. The van der Waals surface area contributed by atoms with Crippen LogP contribution in [0.5, 0.6) is 0 Å². The molecular formula is C10H8O3. The minimum atomic E-state index is -0.979. The molecule has 0 amide bonds. The number of aliphatic hydroxyl groups excluding tert-OH is 1. The fourth-order valence-corrected chi connectivity index (χ4v) is 0.872. The van der Waals surface area contributed by atoms with Gasteiger partial charge in [-0.1, -0.05) is 17.9 Å². The summed E-state index contributed by atoms with van der Waals surface area (Å²) in [5.41, 5.74) is 0.790. The number of aliphatic hydroxyl groups is 1. The maximum Gasteiger partial charge on any atom is 0.335 e. The highest BCUT2D eigenvalue weighted by molar-refractivity contribution is 5.87. The zero-order chi connectivity index (χ0) is 9.68.